The Morgan fingerprint density at radius 3 is 2.50 bits per heavy atom. The highest BCUT2D eigenvalue weighted by molar-refractivity contribution is 5.77. The van der Waals surface area contributed by atoms with Gasteiger partial charge < -0.3 is 4.74 Å². The molecule has 0 radical (unpaired) electrons. The Balaban J connectivity index is 1.50. The molecule has 20 heavy (non-hydrogen) atoms. The van der Waals surface area contributed by atoms with E-state index in [9.17, 15) is 4.79 Å². The first kappa shape index (κ1) is 13.6. The van der Waals surface area contributed by atoms with Gasteiger partial charge in [0.1, 0.15) is 12.1 Å². The van der Waals surface area contributed by atoms with Crippen molar-refractivity contribution in [2.75, 3.05) is 6.54 Å². The maximum atomic E-state index is 12.2. The first-order chi connectivity index (χ1) is 9.83. The van der Waals surface area contributed by atoms with Gasteiger partial charge in [-0.25, -0.2) is 0 Å². The van der Waals surface area contributed by atoms with Crippen molar-refractivity contribution >= 4 is 5.97 Å². The lowest BCUT2D eigenvalue weighted by Crippen LogP contribution is -2.52. The van der Waals surface area contributed by atoms with Gasteiger partial charge in [0.2, 0.25) is 0 Å². The zero-order chi connectivity index (χ0) is 13.8. The summed E-state index contributed by atoms with van der Waals surface area (Å²) in [5, 5.41) is 0. The second-order valence-electron chi connectivity index (χ2n) is 5.96. The van der Waals surface area contributed by atoms with Gasteiger partial charge in [0, 0.05) is 13.1 Å². The summed E-state index contributed by atoms with van der Waals surface area (Å²) in [6, 6.07) is 10.3. The van der Waals surface area contributed by atoms with E-state index in [0.717, 1.165) is 32.4 Å². The SMILES string of the molecule is O=C(OC1CCCCC1)C1CCN1Cc1ccccc1. The Bertz CT molecular complexity index is 440. The molecule has 1 aliphatic carbocycles. The van der Waals surface area contributed by atoms with Crippen molar-refractivity contribution in [2.24, 2.45) is 0 Å². The second kappa shape index (κ2) is 6.40. The maximum absolute atomic E-state index is 12.2. The first-order valence-corrected chi connectivity index (χ1v) is 7.81. The van der Waals surface area contributed by atoms with Crippen molar-refractivity contribution in [1.82, 2.24) is 4.90 Å². The Morgan fingerprint density at radius 1 is 1.10 bits per heavy atom. The van der Waals surface area contributed by atoms with E-state index in [1.165, 1.54) is 24.8 Å². The van der Waals surface area contributed by atoms with Crippen molar-refractivity contribution in [2.45, 2.75) is 57.2 Å². The Labute approximate surface area is 120 Å². The highest BCUT2D eigenvalue weighted by Crippen LogP contribution is 2.25. The van der Waals surface area contributed by atoms with Crippen LogP contribution in [0.25, 0.3) is 0 Å². The number of nitrogens with zero attached hydrogens (tertiary/aromatic N) is 1. The normalized spacial score (nSPS) is 24.1. The fraction of sp³-hybridized carbons (Fsp3) is 0.588. The number of esters is 1. The minimum absolute atomic E-state index is 0.000851. The molecule has 3 rings (SSSR count). The molecule has 2 fully saturated rings. The number of hydrogen-bond acceptors (Lipinski definition) is 3. The topological polar surface area (TPSA) is 29.5 Å². The third-order valence-corrected chi connectivity index (χ3v) is 4.47. The third kappa shape index (κ3) is 3.21. The summed E-state index contributed by atoms with van der Waals surface area (Å²) in [6.07, 6.45) is 6.92. The van der Waals surface area contributed by atoms with Crippen LogP contribution in [0.3, 0.4) is 0 Å². The lowest BCUT2D eigenvalue weighted by Gasteiger charge is -2.40. The summed E-state index contributed by atoms with van der Waals surface area (Å²) in [5.74, 6) is -0.000851. The first-order valence-electron chi connectivity index (χ1n) is 7.81. The van der Waals surface area contributed by atoms with Crippen molar-refractivity contribution in [3.8, 4) is 0 Å². The van der Waals surface area contributed by atoms with Gasteiger partial charge in [-0.2, -0.15) is 0 Å². The molecule has 1 aromatic rings. The lowest BCUT2D eigenvalue weighted by molar-refractivity contribution is -0.162. The molecule has 1 aromatic carbocycles. The van der Waals surface area contributed by atoms with Gasteiger partial charge in [0.05, 0.1) is 0 Å². The fourth-order valence-electron chi connectivity index (χ4n) is 3.14. The molecule has 1 atom stereocenters. The molecule has 0 bridgehead atoms. The zero-order valence-electron chi connectivity index (χ0n) is 12.0. The number of ether oxygens (including phenoxy) is 1. The smallest absolute Gasteiger partial charge is 0.323 e. The third-order valence-electron chi connectivity index (χ3n) is 4.47. The number of likely N-dealkylation sites (tertiary alicyclic amines) is 1. The summed E-state index contributed by atoms with van der Waals surface area (Å²) >= 11 is 0. The Kier molecular flexibility index (Phi) is 4.36. The molecular formula is C17H23NO2. The van der Waals surface area contributed by atoms with Gasteiger partial charge in [-0.05, 0) is 37.7 Å². The summed E-state index contributed by atoms with van der Waals surface area (Å²) in [5.41, 5.74) is 1.27. The molecule has 0 spiro atoms. The highest BCUT2D eigenvalue weighted by Gasteiger charge is 2.36. The van der Waals surface area contributed by atoms with Crippen LogP contribution in [0.4, 0.5) is 0 Å². The summed E-state index contributed by atoms with van der Waals surface area (Å²) < 4.78 is 5.68. The Hall–Kier alpha value is -1.35. The molecule has 1 saturated heterocycles. The van der Waals surface area contributed by atoms with E-state index < -0.39 is 0 Å². The lowest BCUT2D eigenvalue weighted by atomic mass is 9.97. The van der Waals surface area contributed by atoms with Crippen molar-refractivity contribution < 1.29 is 9.53 Å². The van der Waals surface area contributed by atoms with Gasteiger partial charge >= 0.3 is 5.97 Å². The van der Waals surface area contributed by atoms with Crippen LogP contribution in [0, 0.1) is 0 Å². The van der Waals surface area contributed by atoms with Gasteiger partial charge in [0.25, 0.3) is 0 Å². The van der Waals surface area contributed by atoms with Crippen molar-refractivity contribution in [1.29, 1.82) is 0 Å². The molecule has 1 saturated carbocycles. The molecular weight excluding hydrogens is 250 g/mol. The number of carbonyl (C=O) groups is 1. The van der Waals surface area contributed by atoms with Crippen LogP contribution in [0.15, 0.2) is 30.3 Å². The molecule has 3 nitrogen and oxygen atoms in total. The molecule has 1 heterocycles. The number of benzene rings is 1. The van der Waals surface area contributed by atoms with E-state index in [1.807, 2.05) is 18.2 Å². The zero-order valence-corrected chi connectivity index (χ0v) is 12.0. The quantitative estimate of drug-likeness (QED) is 0.789. The predicted octanol–water partition coefficient (Wildman–Crippen LogP) is 3.14. The molecule has 0 aromatic heterocycles. The van der Waals surface area contributed by atoms with Crippen LogP contribution >= 0.6 is 0 Å². The molecule has 2 aliphatic rings. The second-order valence-corrected chi connectivity index (χ2v) is 5.96. The number of rotatable bonds is 4. The average molecular weight is 273 g/mol. The standard InChI is InChI=1S/C17H23NO2/c19-17(20-15-9-5-2-6-10-15)16-11-12-18(16)13-14-7-3-1-4-8-14/h1,3-4,7-8,15-16H,2,5-6,9-13H2. The monoisotopic (exact) mass is 273 g/mol. The van der Waals surface area contributed by atoms with Crippen molar-refractivity contribution in [3.05, 3.63) is 35.9 Å². The molecule has 1 unspecified atom stereocenters. The van der Waals surface area contributed by atoms with E-state index in [2.05, 4.69) is 17.0 Å². The van der Waals surface area contributed by atoms with E-state index in [-0.39, 0.29) is 18.1 Å². The average Bonchev–Trinajstić information content (AvgIpc) is 2.46. The van der Waals surface area contributed by atoms with Crippen LogP contribution in [0.2, 0.25) is 0 Å². The largest absolute Gasteiger partial charge is 0.461 e. The molecule has 0 N–H and O–H groups in total. The number of hydrogen-bond donors (Lipinski definition) is 0. The van der Waals surface area contributed by atoms with E-state index in [1.54, 1.807) is 0 Å². The van der Waals surface area contributed by atoms with Crippen LogP contribution in [0.1, 0.15) is 44.1 Å². The Morgan fingerprint density at radius 2 is 1.85 bits per heavy atom. The van der Waals surface area contributed by atoms with E-state index >= 15 is 0 Å². The van der Waals surface area contributed by atoms with Gasteiger partial charge in [-0.1, -0.05) is 36.8 Å². The van der Waals surface area contributed by atoms with E-state index in [0.29, 0.717) is 0 Å². The van der Waals surface area contributed by atoms with Crippen molar-refractivity contribution in [3.63, 3.8) is 0 Å². The van der Waals surface area contributed by atoms with Crippen LogP contribution < -0.4 is 0 Å². The fourth-order valence-corrected chi connectivity index (χ4v) is 3.14. The molecule has 3 heteroatoms. The molecule has 108 valence electrons. The summed E-state index contributed by atoms with van der Waals surface area (Å²) in [4.78, 5) is 14.5. The number of carbonyl (C=O) groups excluding carboxylic acids is 1. The summed E-state index contributed by atoms with van der Waals surface area (Å²) in [7, 11) is 0. The predicted molar refractivity (Wildman–Crippen MR) is 78.2 cm³/mol. The maximum Gasteiger partial charge on any atom is 0.323 e. The highest BCUT2D eigenvalue weighted by atomic mass is 16.5. The minimum Gasteiger partial charge on any atom is -0.461 e. The van der Waals surface area contributed by atoms with Gasteiger partial charge in [-0.3, -0.25) is 9.69 Å². The van der Waals surface area contributed by atoms with Crippen LogP contribution in [-0.4, -0.2) is 29.6 Å². The van der Waals surface area contributed by atoms with Gasteiger partial charge in [-0.15, -0.1) is 0 Å². The summed E-state index contributed by atoms with van der Waals surface area (Å²) in [6.45, 7) is 1.85. The molecule has 1 aliphatic heterocycles. The van der Waals surface area contributed by atoms with Gasteiger partial charge in [0.15, 0.2) is 0 Å². The van der Waals surface area contributed by atoms with Crippen LogP contribution in [0.5, 0.6) is 0 Å². The molecule has 0 amide bonds. The minimum atomic E-state index is -0.0165. The van der Waals surface area contributed by atoms with E-state index in [4.69, 9.17) is 4.74 Å². The van der Waals surface area contributed by atoms with Crippen LogP contribution in [-0.2, 0) is 16.1 Å².